The first-order chi connectivity index (χ1) is 16.9. The topological polar surface area (TPSA) is 146 Å². The summed E-state index contributed by atoms with van der Waals surface area (Å²) in [7, 11) is 0. The zero-order valence-corrected chi connectivity index (χ0v) is 19.9. The van der Waals surface area contributed by atoms with Gasteiger partial charge in [0.1, 0.15) is 5.82 Å². The van der Waals surface area contributed by atoms with Crippen molar-refractivity contribution in [2.24, 2.45) is 0 Å². The molecule has 1 aliphatic rings. The number of para-hydroxylation sites is 1. The smallest absolute Gasteiger partial charge is 0.409 e. The fraction of sp³-hybridized carbons (Fsp3) is 0.364. The fourth-order valence-corrected chi connectivity index (χ4v) is 4.57. The van der Waals surface area contributed by atoms with E-state index in [1.807, 2.05) is 30.3 Å². The van der Waals surface area contributed by atoms with Crippen LogP contribution in [0.25, 0.3) is 5.69 Å². The lowest BCUT2D eigenvalue weighted by Crippen LogP contribution is -2.51. The first kappa shape index (κ1) is 24.3. The van der Waals surface area contributed by atoms with Crippen LogP contribution >= 0.6 is 11.8 Å². The third kappa shape index (κ3) is 5.98. The van der Waals surface area contributed by atoms with Crippen LogP contribution in [0.15, 0.2) is 51.1 Å². The first-order valence-electron chi connectivity index (χ1n) is 11.1. The van der Waals surface area contributed by atoms with Crippen LogP contribution in [0.4, 0.5) is 4.79 Å². The number of carbonyl (C=O) groups is 2. The van der Waals surface area contributed by atoms with Crippen molar-refractivity contribution in [2.75, 3.05) is 38.5 Å². The van der Waals surface area contributed by atoms with E-state index in [1.54, 1.807) is 21.3 Å². The number of ether oxygens (including phenoxy) is 1. The highest BCUT2D eigenvalue weighted by Crippen LogP contribution is 2.23. The zero-order chi connectivity index (χ0) is 24.8. The molecule has 1 saturated heterocycles. The molecular weight excluding hydrogens is 474 g/mol. The molecule has 2 N–H and O–H groups in total. The fourth-order valence-electron chi connectivity index (χ4n) is 3.70. The van der Waals surface area contributed by atoms with Crippen LogP contribution in [0.1, 0.15) is 18.4 Å². The molecule has 0 unspecified atom stereocenters. The minimum absolute atomic E-state index is 0.0680. The predicted octanol–water partition coefficient (Wildman–Crippen LogP) is 0.628. The number of H-pyrrole nitrogens is 2. The van der Waals surface area contributed by atoms with Crippen LogP contribution < -0.4 is 11.2 Å². The SMILES string of the molecule is CCOC(=O)N1CCN(C(=O)CSc2nnc(Cc3cc(=O)[nH]c(=O)[nH]3)n2-c2ccccc2)CC1. The molecule has 1 aliphatic heterocycles. The highest BCUT2D eigenvalue weighted by atomic mass is 32.2. The molecule has 0 saturated carbocycles. The molecular formula is C22H25N7O5S. The van der Waals surface area contributed by atoms with Crippen LogP contribution in [-0.4, -0.2) is 85.1 Å². The molecule has 2 amide bonds. The van der Waals surface area contributed by atoms with Crippen LogP contribution in [0.2, 0.25) is 0 Å². The summed E-state index contributed by atoms with van der Waals surface area (Å²) in [6, 6.07) is 10.7. The molecule has 2 aromatic heterocycles. The summed E-state index contributed by atoms with van der Waals surface area (Å²) in [5.41, 5.74) is 0.0902. The molecule has 1 aromatic carbocycles. The van der Waals surface area contributed by atoms with Crippen LogP contribution in [0, 0.1) is 0 Å². The number of carbonyl (C=O) groups excluding carboxylic acids is 2. The van der Waals surface area contributed by atoms with Gasteiger partial charge in [-0.2, -0.15) is 0 Å². The summed E-state index contributed by atoms with van der Waals surface area (Å²) in [5, 5.41) is 9.03. The number of hydrogen-bond donors (Lipinski definition) is 2. The molecule has 3 heterocycles. The lowest BCUT2D eigenvalue weighted by Gasteiger charge is -2.34. The van der Waals surface area contributed by atoms with E-state index in [0.29, 0.717) is 49.5 Å². The van der Waals surface area contributed by atoms with Gasteiger partial charge < -0.3 is 19.5 Å². The molecule has 0 radical (unpaired) electrons. The van der Waals surface area contributed by atoms with E-state index in [-0.39, 0.29) is 24.2 Å². The van der Waals surface area contributed by atoms with E-state index in [1.165, 1.54) is 17.8 Å². The van der Waals surface area contributed by atoms with Crippen LogP contribution in [0.5, 0.6) is 0 Å². The number of benzene rings is 1. The Bertz CT molecular complexity index is 1270. The molecule has 0 atom stereocenters. The molecule has 184 valence electrons. The van der Waals surface area contributed by atoms with Crippen molar-refractivity contribution in [1.82, 2.24) is 34.5 Å². The lowest BCUT2D eigenvalue weighted by atomic mass is 10.2. The maximum absolute atomic E-state index is 12.8. The second-order valence-electron chi connectivity index (χ2n) is 7.71. The Labute approximate surface area is 204 Å². The standard InChI is InChI=1S/C22H25N7O5S/c1-2-34-22(33)28-10-8-27(9-11-28)19(31)14-35-21-26-25-17(29(21)16-6-4-3-5-7-16)12-15-13-18(30)24-20(32)23-15/h3-7,13H,2,8-12,14H2,1H3,(H2,23,24,30,32). The molecule has 12 nitrogen and oxygen atoms in total. The number of hydrogen-bond acceptors (Lipinski definition) is 8. The van der Waals surface area contributed by atoms with Crippen LogP contribution in [-0.2, 0) is 16.0 Å². The predicted molar refractivity (Wildman–Crippen MR) is 128 cm³/mol. The van der Waals surface area contributed by atoms with E-state index < -0.39 is 11.2 Å². The van der Waals surface area contributed by atoms with Crippen molar-refractivity contribution < 1.29 is 14.3 Å². The van der Waals surface area contributed by atoms with Gasteiger partial charge in [0.05, 0.1) is 12.4 Å². The van der Waals surface area contributed by atoms with Crippen molar-refractivity contribution in [2.45, 2.75) is 18.5 Å². The van der Waals surface area contributed by atoms with Gasteiger partial charge in [-0.3, -0.25) is 19.1 Å². The Kier molecular flexibility index (Phi) is 7.65. The van der Waals surface area contributed by atoms with E-state index in [0.717, 1.165) is 5.69 Å². The molecule has 3 aromatic rings. The van der Waals surface area contributed by atoms with Crippen molar-refractivity contribution >= 4 is 23.8 Å². The van der Waals surface area contributed by atoms with Crippen LogP contribution in [0.3, 0.4) is 0 Å². The molecule has 0 aliphatic carbocycles. The maximum atomic E-state index is 12.8. The summed E-state index contributed by atoms with van der Waals surface area (Å²) in [6.07, 6.45) is -0.190. The van der Waals surface area contributed by atoms with Crippen molar-refractivity contribution in [3.8, 4) is 5.69 Å². The number of aromatic amines is 2. The van der Waals surface area contributed by atoms with Gasteiger partial charge in [0.15, 0.2) is 5.16 Å². The van der Waals surface area contributed by atoms with Gasteiger partial charge in [-0.1, -0.05) is 30.0 Å². The quantitative estimate of drug-likeness (QED) is 0.450. The van der Waals surface area contributed by atoms with Gasteiger partial charge in [-0.05, 0) is 19.1 Å². The third-order valence-corrected chi connectivity index (χ3v) is 6.28. The lowest BCUT2D eigenvalue weighted by molar-refractivity contribution is -0.129. The van der Waals surface area contributed by atoms with Crippen molar-refractivity contribution in [1.29, 1.82) is 0 Å². The second-order valence-corrected chi connectivity index (χ2v) is 8.66. The number of rotatable bonds is 7. The van der Waals surface area contributed by atoms with E-state index in [2.05, 4.69) is 20.2 Å². The summed E-state index contributed by atoms with van der Waals surface area (Å²) in [5.74, 6) is 0.587. The third-order valence-electron chi connectivity index (χ3n) is 5.36. The van der Waals surface area contributed by atoms with Crippen molar-refractivity contribution in [3.63, 3.8) is 0 Å². The average molecular weight is 500 g/mol. The molecule has 0 spiro atoms. The Morgan fingerprint density at radius 3 is 2.43 bits per heavy atom. The molecule has 0 bridgehead atoms. The minimum Gasteiger partial charge on any atom is -0.450 e. The Hall–Kier alpha value is -3.87. The van der Waals surface area contributed by atoms with Gasteiger partial charge in [0.25, 0.3) is 5.56 Å². The number of amides is 2. The number of aromatic nitrogens is 5. The Morgan fingerprint density at radius 1 is 1.03 bits per heavy atom. The zero-order valence-electron chi connectivity index (χ0n) is 19.1. The number of piperazine rings is 1. The molecule has 1 fully saturated rings. The number of thioether (sulfide) groups is 1. The van der Waals surface area contributed by atoms with Crippen molar-refractivity contribution in [3.05, 3.63) is 68.8 Å². The normalized spacial score (nSPS) is 13.6. The van der Waals surface area contributed by atoms with E-state index in [4.69, 9.17) is 4.74 Å². The molecule has 4 rings (SSSR count). The average Bonchev–Trinajstić information content (AvgIpc) is 3.25. The van der Waals surface area contributed by atoms with Gasteiger partial charge >= 0.3 is 11.8 Å². The van der Waals surface area contributed by atoms with Gasteiger partial charge in [0.2, 0.25) is 5.91 Å². The number of nitrogens with one attached hydrogen (secondary N) is 2. The monoisotopic (exact) mass is 499 g/mol. The highest BCUT2D eigenvalue weighted by Gasteiger charge is 2.25. The van der Waals surface area contributed by atoms with Gasteiger partial charge in [-0.15, -0.1) is 10.2 Å². The van der Waals surface area contributed by atoms with E-state index >= 15 is 0 Å². The summed E-state index contributed by atoms with van der Waals surface area (Å²) in [6.45, 7) is 3.79. The van der Waals surface area contributed by atoms with E-state index in [9.17, 15) is 19.2 Å². The maximum Gasteiger partial charge on any atom is 0.409 e. The summed E-state index contributed by atoms with van der Waals surface area (Å²) in [4.78, 5) is 56.1. The summed E-state index contributed by atoms with van der Waals surface area (Å²) < 4.78 is 6.82. The second kappa shape index (κ2) is 11.0. The molecule has 35 heavy (non-hydrogen) atoms. The summed E-state index contributed by atoms with van der Waals surface area (Å²) >= 11 is 1.25. The van der Waals surface area contributed by atoms with Gasteiger partial charge in [0, 0.05) is 50.0 Å². The first-order valence-corrected chi connectivity index (χ1v) is 12.1. The molecule has 13 heteroatoms. The Morgan fingerprint density at radius 2 is 1.74 bits per heavy atom. The van der Waals surface area contributed by atoms with Gasteiger partial charge in [-0.25, -0.2) is 9.59 Å². The minimum atomic E-state index is -0.596. The highest BCUT2D eigenvalue weighted by molar-refractivity contribution is 7.99. The Balaban J connectivity index is 1.47. The largest absolute Gasteiger partial charge is 0.450 e. The number of nitrogens with zero attached hydrogens (tertiary/aromatic N) is 5.